The van der Waals surface area contributed by atoms with E-state index in [1.54, 1.807) is 0 Å². The predicted octanol–water partition coefficient (Wildman–Crippen LogP) is 4.11. The van der Waals surface area contributed by atoms with E-state index in [9.17, 15) is 5.11 Å². The van der Waals surface area contributed by atoms with Gasteiger partial charge in [-0.05, 0) is 30.7 Å². The van der Waals surface area contributed by atoms with Gasteiger partial charge >= 0.3 is 0 Å². The Bertz CT molecular complexity index is 1070. The highest BCUT2D eigenvalue weighted by atomic mass is 35.5. The van der Waals surface area contributed by atoms with Crippen LogP contribution in [-0.2, 0) is 19.7 Å². The van der Waals surface area contributed by atoms with Gasteiger partial charge in [-0.15, -0.1) is 0 Å². The molecule has 6 heteroatoms. The van der Waals surface area contributed by atoms with Crippen molar-refractivity contribution in [3.05, 3.63) is 71.0 Å². The average Bonchev–Trinajstić information content (AvgIpc) is 3.26. The van der Waals surface area contributed by atoms with Crippen molar-refractivity contribution >= 4 is 22.5 Å². The van der Waals surface area contributed by atoms with Crippen LogP contribution in [-0.4, -0.2) is 24.7 Å². The van der Waals surface area contributed by atoms with E-state index in [1.165, 1.54) is 0 Å². The summed E-state index contributed by atoms with van der Waals surface area (Å²) in [6, 6.07) is 15.9. The van der Waals surface area contributed by atoms with Gasteiger partial charge in [-0.2, -0.15) is 10.2 Å². The summed E-state index contributed by atoms with van der Waals surface area (Å²) in [5, 5.41) is 20.3. The fraction of sp³-hybridized carbons (Fsp3) is 0.200. The summed E-state index contributed by atoms with van der Waals surface area (Å²) in [6.45, 7) is 3.33. The molecule has 0 atom stereocenters. The van der Waals surface area contributed by atoms with Crippen LogP contribution in [0.25, 0.3) is 22.2 Å². The van der Waals surface area contributed by atoms with Gasteiger partial charge in [0.15, 0.2) is 0 Å². The van der Waals surface area contributed by atoms with E-state index in [2.05, 4.69) is 35.3 Å². The monoisotopic (exact) mass is 366 g/mol. The first-order valence-corrected chi connectivity index (χ1v) is 8.94. The number of fused-ring (bicyclic) bond motifs is 1. The zero-order chi connectivity index (χ0) is 18.1. The van der Waals surface area contributed by atoms with Crippen molar-refractivity contribution in [3.8, 4) is 11.3 Å². The number of nitrogens with zero attached hydrogens (tertiary/aromatic N) is 4. The predicted molar refractivity (Wildman–Crippen MR) is 103 cm³/mol. The molecule has 5 nitrogen and oxygen atoms in total. The molecular formula is C20H19ClN4O. The quantitative estimate of drug-likeness (QED) is 0.578. The summed E-state index contributed by atoms with van der Waals surface area (Å²) >= 11 is 6.31. The van der Waals surface area contributed by atoms with Gasteiger partial charge in [-0.25, -0.2) is 0 Å². The van der Waals surface area contributed by atoms with Crippen LogP contribution in [0.2, 0.25) is 5.02 Å². The molecule has 4 aromatic rings. The SMILES string of the molecule is CCn1ncc2ccc(-c3cc(CO)nn3Cc3ccccc3Cl)cc21. The third-order valence-electron chi connectivity index (χ3n) is 4.51. The van der Waals surface area contributed by atoms with Crippen molar-refractivity contribution in [2.75, 3.05) is 0 Å². The first-order valence-electron chi connectivity index (χ1n) is 8.56. The molecule has 2 heterocycles. The van der Waals surface area contributed by atoms with Crippen molar-refractivity contribution in [1.29, 1.82) is 0 Å². The van der Waals surface area contributed by atoms with Gasteiger partial charge < -0.3 is 5.11 Å². The third kappa shape index (κ3) is 3.00. The Morgan fingerprint density at radius 2 is 1.92 bits per heavy atom. The van der Waals surface area contributed by atoms with Crippen LogP contribution in [0.5, 0.6) is 0 Å². The lowest BCUT2D eigenvalue weighted by Gasteiger charge is -2.10. The van der Waals surface area contributed by atoms with Gasteiger partial charge in [-0.3, -0.25) is 9.36 Å². The second-order valence-electron chi connectivity index (χ2n) is 6.16. The molecule has 0 fully saturated rings. The number of hydrogen-bond acceptors (Lipinski definition) is 3. The topological polar surface area (TPSA) is 55.9 Å². The number of halogens is 1. The van der Waals surface area contributed by atoms with Gasteiger partial charge in [0.2, 0.25) is 0 Å². The Balaban J connectivity index is 1.81. The Labute approximate surface area is 156 Å². The minimum Gasteiger partial charge on any atom is -0.390 e. The number of aryl methyl sites for hydroxylation is 1. The van der Waals surface area contributed by atoms with Crippen molar-refractivity contribution in [2.45, 2.75) is 26.6 Å². The highest BCUT2D eigenvalue weighted by Crippen LogP contribution is 2.27. The van der Waals surface area contributed by atoms with Crippen LogP contribution < -0.4 is 0 Å². The first kappa shape index (κ1) is 16.8. The van der Waals surface area contributed by atoms with E-state index < -0.39 is 0 Å². The second-order valence-corrected chi connectivity index (χ2v) is 6.57. The first-order chi connectivity index (χ1) is 12.7. The average molecular weight is 367 g/mol. The minimum atomic E-state index is -0.0995. The smallest absolute Gasteiger partial charge is 0.0885 e. The summed E-state index contributed by atoms with van der Waals surface area (Å²) < 4.78 is 3.86. The zero-order valence-electron chi connectivity index (χ0n) is 14.4. The molecule has 0 amide bonds. The van der Waals surface area contributed by atoms with E-state index >= 15 is 0 Å². The molecule has 4 rings (SSSR count). The van der Waals surface area contributed by atoms with E-state index in [1.807, 2.05) is 45.9 Å². The Hall–Kier alpha value is -2.63. The minimum absolute atomic E-state index is 0.0995. The van der Waals surface area contributed by atoms with Gasteiger partial charge in [0.25, 0.3) is 0 Å². The normalized spacial score (nSPS) is 11.3. The molecule has 0 spiro atoms. The summed E-state index contributed by atoms with van der Waals surface area (Å²) in [5.74, 6) is 0. The molecule has 2 aromatic carbocycles. The summed E-state index contributed by atoms with van der Waals surface area (Å²) in [6.07, 6.45) is 1.88. The molecule has 132 valence electrons. The van der Waals surface area contributed by atoms with E-state index in [-0.39, 0.29) is 6.61 Å². The fourth-order valence-electron chi connectivity index (χ4n) is 3.17. The van der Waals surface area contributed by atoms with Gasteiger partial charge in [0, 0.05) is 22.5 Å². The molecule has 0 bridgehead atoms. The highest BCUT2D eigenvalue weighted by Gasteiger charge is 2.13. The van der Waals surface area contributed by atoms with Gasteiger partial charge in [0.1, 0.15) is 0 Å². The molecule has 0 aliphatic carbocycles. The molecule has 0 aliphatic rings. The second kappa shape index (κ2) is 6.94. The molecule has 0 radical (unpaired) electrons. The number of aromatic nitrogens is 4. The summed E-state index contributed by atoms with van der Waals surface area (Å²) in [7, 11) is 0. The molecule has 0 unspecified atom stereocenters. The van der Waals surface area contributed by atoms with Crippen LogP contribution in [0.3, 0.4) is 0 Å². The summed E-state index contributed by atoms with van der Waals surface area (Å²) in [5.41, 5.74) is 4.69. The lowest BCUT2D eigenvalue weighted by Crippen LogP contribution is -2.05. The highest BCUT2D eigenvalue weighted by molar-refractivity contribution is 6.31. The fourth-order valence-corrected chi connectivity index (χ4v) is 3.37. The molecule has 26 heavy (non-hydrogen) atoms. The standard InChI is InChI=1S/C20H19ClN4O/c1-2-24-19-9-14(7-8-15(19)11-22-24)20-10-17(13-26)23-25(20)12-16-5-3-4-6-18(16)21/h3-11,26H,2,12-13H2,1H3. The maximum absolute atomic E-state index is 9.55. The van der Waals surface area contributed by atoms with Crippen LogP contribution in [0.4, 0.5) is 0 Å². The Kier molecular flexibility index (Phi) is 4.49. The number of aliphatic hydroxyl groups is 1. The van der Waals surface area contributed by atoms with E-state index in [0.29, 0.717) is 17.3 Å². The number of benzene rings is 2. The Morgan fingerprint density at radius 3 is 2.69 bits per heavy atom. The van der Waals surface area contributed by atoms with Crippen LogP contribution >= 0.6 is 11.6 Å². The maximum atomic E-state index is 9.55. The molecule has 0 saturated carbocycles. The van der Waals surface area contributed by atoms with Crippen molar-refractivity contribution in [3.63, 3.8) is 0 Å². The zero-order valence-corrected chi connectivity index (χ0v) is 15.2. The van der Waals surface area contributed by atoms with Crippen molar-refractivity contribution in [2.24, 2.45) is 0 Å². The maximum Gasteiger partial charge on any atom is 0.0885 e. The third-order valence-corrected chi connectivity index (χ3v) is 4.88. The lowest BCUT2D eigenvalue weighted by molar-refractivity contribution is 0.275. The van der Waals surface area contributed by atoms with Crippen LogP contribution in [0.1, 0.15) is 18.2 Å². The number of aliphatic hydroxyl groups excluding tert-OH is 1. The molecule has 0 saturated heterocycles. The van der Waals surface area contributed by atoms with Crippen LogP contribution in [0, 0.1) is 0 Å². The van der Waals surface area contributed by atoms with Gasteiger partial charge in [-0.1, -0.05) is 41.9 Å². The molecule has 0 aliphatic heterocycles. The molecule has 2 aromatic heterocycles. The van der Waals surface area contributed by atoms with E-state index in [4.69, 9.17) is 11.6 Å². The molecular weight excluding hydrogens is 348 g/mol. The summed E-state index contributed by atoms with van der Waals surface area (Å²) in [4.78, 5) is 0. The lowest BCUT2D eigenvalue weighted by atomic mass is 10.1. The van der Waals surface area contributed by atoms with Crippen LogP contribution in [0.15, 0.2) is 54.7 Å². The largest absolute Gasteiger partial charge is 0.390 e. The van der Waals surface area contributed by atoms with Crippen molar-refractivity contribution < 1.29 is 5.11 Å². The number of rotatable bonds is 5. The van der Waals surface area contributed by atoms with E-state index in [0.717, 1.165) is 34.3 Å². The Morgan fingerprint density at radius 1 is 1.08 bits per heavy atom. The van der Waals surface area contributed by atoms with Crippen molar-refractivity contribution in [1.82, 2.24) is 19.6 Å². The number of hydrogen-bond donors (Lipinski definition) is 1. The van der Waals surface area contributed by atoms with Gasteiger partial charge in [0.05, 0.1) is 36.3 Å². The molecule has 1 N–H and O–H groups in total.